The van der Waals surface area contributed by atoms with Gasteiger partial charge in [0.05, 0.1) is 17.1 Å². The molecule has 0 radical (unpaired) electrons. The van der Waals surface area contributed by atoms with Crippen molar-refractivity contribution in [2.45, 2.75) is 26.4 Å². The van der Waals surface area contributed by atoms with E-state index in [1.807, 2.05) is 0 Å². The summed E-state index contributed by atoms with van der Waals surface area (Å²) in [4.78, 5) is 7.62. The Morgan fingerprint density at radius 3 is 2.26 bits per heavy atom. The molecule has 0 spiro atoms. The number of aryl methyl sites for hydroxylation is 2. The largest absolute Gasteiger partial charge is 0.325 e. The normalized spacial score (nSPS) is 18.2. The number of nitrogens with zero attached hydrogens (tertiary/aromatic N) is 3. The summed E-state index contributed by atoms with van der Waals surface area (Å²) >= 11 is 0. The van der Waals surface area contributed by atoms with E-state index in [1.54, 1.807) is 0 Å². The van der Waals surface area contributed by atoms with E-state index < -0.39 is 0 Å². The number of hydrogen-bond acceptors (Lipinski definition) is 3. The lowest BCUT2D eigenvalue weighted by Gasteiger charge is -2.40. The molecule has 0 amide bonds. The molecule has 0 saturated carbocycles. The predicted octanol–water partition coefficient (Wildman–Crippen LogP) is 7.52. The third kappa shape index (κ3) is 4.47. The highest BCUT2D eigenvalue weighted by Gasteiger charge is 2.36. The van der Waals surface area contributed by atoms with Gasteiger partial charge in [-0.2, -0.15) is 0 Å². The molecule has 0 aliphatic carbocycles. The van der Waals surface area contributed by atoms with Crippen LogP contribution in [0.1, 0.15) is 33.9 Å². The number of anilines is 1. The topological polar surface area (TPSA) is 33.1 Å². The zero-order valence-electron chi connectivity index (χ0n) is 22.4. The van der Waals surface area contributed by atoms with E-state index in [0.29, 0.717) is 0 Å². The fourth-order valence-electron chi connectivity index (χ4n) is 5.98. The summed E-state index contributed by atoms with van der Waals surface area (Å²) in [6.45, 7) is 6.95. The maximum Gasteiger partial charge on any atom is 0.209 e. The predicted molar refractivity (Wildman–Crippen MR) is 161 cm³/mol. The highest BCUT2D eigenvalue weighted by molar-refractivity contribution is 5.81. The third-order valence-corrected chi connectivity index (χ3v) is 7.91. The van der Waals surface area contributed by atoms with Gasteiger partial charge in [-0.3, -0.25) is 9.47 Å². The summed E-state index contributed by atoms with van der Waals surface area (Å²) in [5, 5.41) is 3.80. The van der Waals surface area contributed by atoms with E-state index in [-0.39, 0.29) is 6.04 Å². The zero-order valence-corrected chi connectivity index (χ0v) is 22.4. The standard InChI is InChI=1S/C35H32N4/c1-24-12-16-26(17-13-24)20-29-22-38(21-27-8-4-3-5-9-27)23-30-33(29)37-35-36-31-10-6-7-11-32(31)39(35)34(30)28-18-14-25(2)15-19-28/h3-20,34H,21-23H2,1-2H3,(H,36,37)/b29-20+. The average Bonchev–Trinajstić information content (AvgIpc) is 3.33. The molecular weight excluding hydrogens is 476 g/mol. The Morgan fingerprint density at radius 1 is 0.795 bits per heavy atom. The number of hydrogen-bond donors (Lipinski definition) is 1. The number of aromatic nitrogens is 2. The van der Waals surface area contributed by atoms with Crippen LogP contribution in [0.2, 0.25) is 0 Å². The van der Waals surface area contributed by atoms with Crippen molar-refractivity contribution in [2.75, 3.05) is 18.4 Å². The van der Waals surface area contributed by atoms with Crippen molar-refractivity contribution in [3.05, 3.63) is 148 Å². The minimum atomic E-state index is 0.0595. The SMILES string of the molecule is Cc1ccc(/C=C2\CN(Cc3ccccc3)CC3=C2Nc2nc4ccccc4n2C3c2ccc(C)cc2)cc1. The van der Waals surface area contributed by atoms with Crippen LogP contribution in [0, 0.1) is 13.8 Å². The number of fused-ring (bicyclic) bond motifs is 3. The fourth-order valence-corrected chi connectivity index (χ4v) is 5.98. The average molecular weight is 509 g/mol. The van der Waals surface area contributed by atoms with Gasteiger partial charge < -0.3 is 5.32 Å². The van der Waals surface area contributed by atoms with E-state index in [0.717, 1.165) is 36.6 Å². The lowest BCUT2D eigenvalue weighted by Crippen LogP contribution is -2.39. The highest BCUT2D eigenvalue weighted by atomic mass is 15.3. The van der Waals surface area contributed by atoms with Crippen LogP contribution in [-0.2, 0) is 6.54 Å². The van der Waals surface area contributed by atoms with Crippen LogP contribution < -0.4 is 5.32 Å². The van der Waals surface area contributed by atoms with Gasteiger partial charge in [0, 0.05) is 25.3 Å². The second kappa shape index (κ2) is 9.72. The van der Waals surface area contributed by atoms with Gasteiger partial charge in [0.25, 0.3) is 0 Å². The Kier molecular flexibility index (Phi) is 5.90. The van der Waals surface area contributed by atoms with Crippen molar-refractivity contribution < 1.29 is 0 Å². The van der Waals surface area contributed by atoms with E-state index in [9.17, 15) is 0 Å². The van der Waals surface area contributed by atoms with Gasteiger partial charge >= 0.3 is 0 Å². The maximum absolute atomic E-state index is 5.05. The molecule has 4 aromatic carbocycles. The first-order valence-corrected chi connectivity index (χ1v) is 13.7. The van der Waals surface area contributed by atoms with Gasteiger partial charge in [0.1, 0.15) is 0 Å². The summed E-state index contributed by atoms with van der Waals surface area (Å²) in [5.74, 6) is 0.909. The monoisotopic (exact) mass is 508 g/mol. The quantitative estimate of drug-likeness (QED) is 0.273. The van der Waals surface area contributed by atoms with Crippen molar-refractivity contribution >= 4 is 23.1 Å². The summed E-state index contributed by atoms with van der Waals surface area (Å²) in [5.41, 5.74) is 12.5. The minimum absolute atomic E-state index is 0.0595. The highest BCUT2D eigenvalue weighted by Crippen LogP contribution is 2.43. The van der Waals surface area contributed by atoms with E-state index in [2.05, 4.69) is 138 Å². The lowest BCUT2D eigenvalue weighted by molar-refractivity contribution is 0.294. The van der Waals surface area contributed by atoms with Crippen LogP contribution in [0.4, 0.5) is 5.95 Å². The molecule has 7 rings (SSSR count). The van der Waals surface area contributed by atoms with Gasteiger partial charge in [-0.15, -0.1) is 0 Å². The molecule has 2 aliphatic rings. The van der Waals surface area contributed by atoms with E-state index in [4.69, 9.17) is 4.98 Å². The number of para-hydroxylation sites is 2. The van der Waals surface area contributed by atoms with Gasteiger partial charge in [-0.25, -0.2) is 4.98 Å². The fraction of sp³-hybridized carbons (Fsp3) is 0.171. The molecule has 0 fully saturated rings. The first-order chi connectivity index (χ1) is 19.1. The van der Waals surface area contributed by atoms with Crippen molar-refractivity contribution in [1.82, 2.24) is 14.5 Å². The number of rotatable bonds is 4. The van der Waals surface area contributed by atoms with Crippen molar-refractivity contribution in [2.24, 2.45) is 0 Å². The lowest BCUT2D eigenvalue weighted by atomic mass is 9.88. The Bertz CT molecular complexity index is 1710. The van der Waals surface area contributed by atoms with E-state index >= 15 is 0 Å². The molecule has 1 unspecified atom stereocenters. The molecule has 1 N–H and O–H groups in total. The molecule has 4 heteroatoms. The second-order valence-corrected chi connectivity index (χ2v) is 10.8. The molecule has 0 bridgehead atoms. The molecule has 4 nitrogen and oxygen atoms in total. The first-order valence-electron chi connectivity index (χ1n) is 13.7. The maximum atomic E-state index is 5.05. The van der Waals surface area contributed by atoms with Crippen LogP contribution in [0.5, 0.6) is 0 Å². The third-order valence-electron chi connectivity index (χ3n) is 7.91. The Morgan fingerprint density at radius 2 is 1.49 bits per heavy atom. The molecule has 1 atom stereocenters. The van der Waals surface area contributed by atoms with Gasteiger partial charge in [0.2, 0.25) is 5.95 Å². The Hall–Kier alpha value is -4.41. The van der Waals surface area contributed by atoms with Crippen LogP contribution in [0.15, 0.2) is 120 Å². The van der Waals surface area contributed by atoms with Crippen LogP contribution in [-0.4, -0.2) is 27.5 Å². The molecule has 5 aromatic rings. The summed E-state index contributed by atoms with van der Waals surface area (Å²) in [6, 6.07) is 37.2. The molecule has 1 aromatic heterocycles. The molecule has 0 saturated heterocycles. The first kappa shape index (κ1) is 23.7. The number of nitrogens with one attached hydrogen (secondary N) is 1. The summed E-state index contributed by atoms with van der Waals surface area (Å²) < 4.78 is 2.40. The molecule has 192 valence electrons. The Labute approximate surface area is 229 Å². The Balaban J connectivity index is 1.41. The molecule has 2 aliphatic heterocycles. The second-order valence-electron chi connectivity index (χ2n) is 10.8. The zero-order chi connectivity index (χ0) is 26.3. The summed E-state index contributed by atoms with van der Waals surface area (Å²) in [6.07, 6.45) is 2.35. The summed E-state index contributed by atoms with van der Waals surface area (Å²) in [7, 11) is 0. The molecule has 3 heterocycles. The van der Waals surface area contributed by atoms with Crippen LogP contribution >= 0.6 is 0 Å². The van der Waals surface area contributed by atoms with Gasteiger partial charge in [-0.05, 0) is 59.9 Å². The van der Waals surface area contributed by atoms with Crippen molar-refractivity contribution in [1.29, 1.82) is 0 Å². The van der Waals surface area contributed by atoms with Crippen molar-refractivity contribution in [3.8, 4) is 0 Å². The van der Waals surface area contributed by atoms with Crippen LogP contribution in [0.3, 0.4) is 0 Å². The number of benzene rings is 4. The van der Waals surface area contributed by atoms with Crippen LogP contribution in [0.25, 0.3) is 17.1 Å². The molecular formula is C35H32N4. The minimum Gasteiger partial charge on any atom is -0.325 e. The molecule has 39 heavy (non-hydrogen) atoms. The van der Waals surface area contributed by atoms with E-state index in [1.165, 1.54) is 44.7 Å². The number of imidazole rings is 1. The van der Waals surface area contributed by atoms with Crippen molar-refractivity contribution in [3.63, 3.8) is 0 Å². The van der Waals surface area contributed by atoms with Gasteiger partial charge in [0.15, 0.2) is 0 Å². The van der Waals surface area contributed by atoms with Gasteiger partial charge in [-0.1, -0.05) is 102 Å². The smallest absolute Gasteiger partial charge is 0.209 e.